The molecule has 0 amide bonds. The van der Waals surface area contributed by atoms with E-state index in [1.807, 2.05) is 6.20 Å². The van der Waals surface area contributed by atoms with E-state index in [0.29, 0.717) is 5.75 Å². The Hall–Kier alpha value is -8.80. The SMILES string of the molecule is CC(C)(C)c1ccc(-c2cc3c4ccccc4n(-c4cc(C(C)(C)C)ccn4)c3cc2Oc2cccc(-n3[c-][n+]4c5c(cccc53)-c3ccccc3-c3ccccc3-c3cccc(-c5ccccc5)c3-4)c2)cc1. The monoisotopic (exact) mass is 942 g/mol. The van der Waals surface area contributed by atoms with E-state index in [9.17, 15) is 0 Å². The van der Waals surface area contributed by atoms with Crippen LogP contribution in [0.25, 0.3) is 106 Å². The summed E-state index contributed by atoms with van der Waals surface area (Å²) in [4.78, 5) is 5.00. The first kappa shape index (κ1) is 44.2. The van der Waals surface area contributed by atoms with Gasteiger partial charge in [-0.3, -0.25) is 13.7 Å². The first-order valence-electron chi connectivity index (χ1n) is 25.3. The minimum Gasteiger partial charge on any atom is -0.457 e. The maximum atomic E-state index is 7.29. The molecule has 5 nitrogen and oxygen atoms in total. The lowest BCUT2D eigenvalue weighted by atomic mass is 9.86. The molecule has 0 N–H and O–H groups in total. The lowest BCUT2D eigenvalue weighted by molar-refractivity contribution is -0.570. The van der Waals surface area contributed by atoms with Gasteiger partial charge in [-0.1, -0.05) is 205 Å². The number of hydrogen-bond acceptors (Lipinski definition) is 2. The molecule has 73 heavy (non-hydrogen) atoms. The molecule has 0 bridgehead atoms. The second-order valence-electron chi connectivity index (χ2n) is 21.4. The molecule has 9 aromatic carbocycles. The zero-order chi connectivity index (χ0) is 49.6. The van der Waals surface area contributed by atoms with Crippen LogP contribution in [0.5, 0.6) is 11.5 Å². The van der Waals surface area contributed by atoms with Crippen molar-refractivity contribution >= 4 is 32.8 Å². The largest absolute Gasteiger partial charge is 0.457 e. The average molecular weight is 943 g/mol. The Morgan fingerprint density at radius 3 is 1.77 bits per heavy atom. The van der Waals surface area contributed by atoms with Gasteiger partial charge in [-0.2, -0.15) is 0 Å². The molecule has 0 spiro atoms. The minimum atomic E-state index is -0.0512. The third-order valence-corrected chi connectivity index (χ3v) is 14.7. The number of ether oxygens (including phenoxy) is 1. The van der Waals surface area contributed by atoms with Gasteiger partial charge in [0.05, 0.1) is 33.4 Å². The van der Waals surface area contributed by atoms with Crippen LogP contribution < -0.4 is 9.30 Å². The first-order valence-corrected chi connectivity index (χ1v) is 25.3. The van der Waals surface area contributed by atoms with E-state index in [1.54, 1.807) is 0 Å². The van der Waals surface area contributed by atoms with E-state index in [0.717, 1.165) is 89.2 Å². The molecular weight excluding hydrogens is 889 g/mol. The third-order valence-electron chi connectivity index (χ3n) is 14.7. The standard InChI is InChI=1S/C68H54N4O/c1-67(2,3)46-35-33-45(34-36-46)58-41-59-55-27-14-15-31-60(55)72(64-39-47(37-38-69-64)68(4,5)6)62(59)42-63(58)73-49-22-16-21-48(40-49)70-43-71-65-50(44-19-8-7-9-20-44)28-17-29-56(65)53-25-12-10-23-51(53)52-24-11-13-26-54(52)57-30-18-32-61(70)66(57)71/h7-42H,1-6H3. The van der Waals surface area contributed by atoms with Gasteiger partial charge in [-0.25, -0.2) is 4.98 Å². The number of imidazole rings is 1. The topological polar surface area (TPSA) is 35.9 Å². The molecule has 3 aromatic heterocycles. The Labute approximate surface area is 426 Å². The third kappa shape index (κ3) is 7.45. The van der Waals surface area contributed by atoms with Gasteiger partial charge in [0.1, 0.15) is 17.3 Å². The molecule has 0 saturated carbocycles. The Morgan fingerprint density at radius 1 is 0.438 bits per heavy atom. The number of rotatable bonds is 6. The Balaban J connectivity index is 1.03. The zero-order valence-corrected chi connectivity index (χ0v) is 42.0. The van der Waals surface area contributed by atoms with Crippen LogP contribution in [0.3, 0.4) is 0 Å². The van der Waals surface area contributed by atoms with Gasteiger partial charge in [0.15, 0.2) is 0 Å². The van der Waals surface area contributed by atoms with Gasteiger partial charge < -0.3 is 4.74 Å². The predicted octanol–water partition coefficient (Wildman–Crippen LogP) is 17.2. The molecule has 0 saturated heterocycles. The summed E-state index contributed by atoms with van der Waals surface area (Å²) in [6.07, 6.45) is 5.90. The molecule has 0 radical (unpaired) electrons. The Morgan fingerprint density at radius 2 is 1.03 bits per heavy atom. The van der Waals surface area contributed by atoms with Crippen molar-refractivity contribution in [1.82, 2.24) is 14.1 Å². The molecule has 1 aliphatic heterocycles. The predicted molar refractivity (Wildman–Crippen MR) is 300 cm³/mol. The summed E-state index contributed by atoms with van der Waals surface area (Å²) in [6.45, 7) is 13.5. The van der Waals surface area contributed by atoms with E-state index in [2.05, 4.69) is 274 Å². The Kier molecular flexibility index (Phi) is 10.2. The van der Waals surface area contributed by atoms with Crippen LogP contribution in [0.15, 0.2) is 219 Å². The molecule has 5 heteroatoms. The van der Waals surface area contributed by atoms with Crippen molar-refractivity contribution in [1.29, 1.82) is 0 Å². The number of nitrogens with zero attached hydrogens (tertiary/aromatic N) is 4. The Bertz CT molecular complexity index is 4120. The maximum absolute atomic E-state index is 7.29. The van der Waals surface area contributed by atoms with Gasteiger partial charge >= 0.3 is 0 Å². The van der Waals surface area contributed by atoms with Crippen LogP contribution in [-0.4, -0.2) is 14.1 Å². The van der Waals surface area contributed by atoms with Gasteiger partial charge in [0.25, 0.3) is 6.33 Å². The summed E-state index contributed by atoms with van der Waals surface area (Å²) in [7, 11) is 0. The quantitative estimate of drug-likeness (QED) is 0.123. The number of hydrogen-bond donors (Lipinski definition) is 0. The molecule has 4 heterocycles. The van der Waals surface area contributed by atoms with Crippen molar-refractivity contribution in [2.75, 3.05) is 0 Å². The molecule has 352 valence electrons. The van der Waals surface area contributed by atoms with Crippen molar-refractivity contribution in [3.63, 3.8) is 0 Å². The molecular formula is C68H54N4O. The van der Waals surface area contributed by atoms with Gasteiger partial charge in [-0.15, -0.1) is 0 Å². The molecule has 0 aliphatic carbocycles. The van der Waals surface area contributed by atoms with E-state index in [4.69, 9.17) is 9.72 Å². The highest BCUT2D eigenvalue weighted by atomic mass is 16.5. The highest BCUT2D eigenvalue weighted by Crippen LogP contribution is 2.46. The van der Waals surface area contributed by atoms with Crippen molar-refractivity contribution in [3.05, 3.63) is 236 Å². The highest BCUT2D eigenvalue weighted by Gasteiger charge is 2.27. The van der Waals surface area contributed by atoms with Crippen LogP contribution in [0.1, 0.15) is 52.7 Å². The van der Waals surface area contributed by atoms with Crippen LogP contribution in [0.2, 0.25) is 0 Å². The zero-order valence-electron chi connectivity index (χ0n) is 42.0. The summed E-state index contributed by atoms with van der Waals surface area (Å²) in [6, 6.07) is 76.6. The summed E-state index contributed by atoms with van der Waals surface area (Å²) in [5, 5.41) is 2.29. The van der Waals surface area contributed by atoms with Crippen LogP contribution in [0.4, 0.5) is 0 Å². The van der Waals surface area contributed by atoms with E-state index in [1.165, 1.54) is 33.4 Å². The first-order chi connectivity index (χ1) is 35.5. The van der Waals surface area contributed by atoms with Crippen molar-refractivity contribution < 1.29 is 9.30 Å². The normalized spacial score (nSPS) is 12.2. The average Bonchev–Trinajstić information content (AvgIpc) is 3.97. The van der Waals surface area contributed by atoms with E-state index in [-0.39, 0.29) is 10.8 Å². The second kappa shape index (κ2) is 16.9. The molecule has 0 unspecified atom stereocenters. The maximum Gasteiger partial charge on any atom is 0.269 e. The fourth-order valence-electron chi connectivity index (χ4n) is 11.0. The molecule has 13 rings (SSSR count). The molecule has 1 aliphatic rings. The molecule has 0 fully saturated rings. The van der Waals surface area contributed by atoms with E-state index >= 15 is 0 Å². The minimum absolute atomic E-state index is 0.0128. The molecule has 12 aromatic rings. The summed E-state index contributed by atoms with van der Waals surface area (Å²) >= 11 is 0. The van der Waals surface area contributed by atoms with E-state index < -0.39 is 0 Å². The summed E-state index contributed by atoms with van der Waals surface area (Å²) < 4.78 is 14.1. The molecule has 0 atom stereocenters. The number of benzene rings is 9. The number of para-hydroxylation sites is 3. The lowest BCUT2D eigenvalue weighted by Gasteiger charge is -2.20. The summed E-state index contributed by atoms with van der Waals surface area (Å²) in [5.74, 6) is 2.34. The van der Waals surface area contributed by atoms with Crippen LogP contribution >= 0.6 is 0 Å². The van der Waals surface area contributed by atoms with Crippen molar-refractivity contribution in [2.24, 2.45) is 0 Å². The van der Waals surface area contributed by atoms with Gasteiger partial charge in [0.2, 0.25) is 0 Å². The number of aromatic nitrogens is 4. The van der Waals surface area contributed by atoms with Crippen LogP contribution in [-0.2, 0) is 10.8 Å². The fraction of sp³-hybridized carbons (Fsp3) is 0.118. The smallest absolute Gasteiger partial charge is 0.269 e. The lowest BCUT2D eigenvalue weighted by Crippen LogP contribution is -2.32. The van der Waals surface area contributed by atoms with Crippen molar-refractivity contribution in [3.8, 4) is 84.3 Å². The second-order valence-corrected chi connectivity index (χ2v) is 21.4. The van der Waals surface area contributed by atoms with Gasteiger partial charge in [-0.05, 0) is 114 Å². The summed E-state index contributed by atoms with van der Waals surface area (Å²) in [5.41, 5.74) is 20.0. The number of pyridine rings is 1. The fourth-order valence-corrected chi connectivity index (χ4v) is 11.0. The van der Waals surface area contributed by atoms with Crippen molar-refractivity contribution in [2.45, 2.75) is 52.4 Å². The highest BCUT2D eigenvalue weighted by molar-refractivity contribution is 6.11. The van der Waals surface area contributed by atoms with Gasteiger partial charge in [0, 0.05) is 28.6 Å². The van der Waals surface area contributed by atoms with Crippen LogP contribution in [0, 0.1) is 6.33 Å². The number of fused-ring (bicyclic) bond motifs is 10.